The second-order valence-corrected chi connectivity index (χ2v) is 8.13. The number of aliphatic hydroxyl groups is 1. The zero-order valence-electron chi connectivity index (χ0n) is 16.9. The van der Waals surface area contributed by atoms with Crippen LogP contribution in [-0.2, 0) is 19.1 Å². The third-order valence-electron chi connectivity index (χ3n) is 6.48. The Balaban J connectivity index is 1.85. The van der Waals surface area contributed by atoms with Gasteiger partial charge in [-0.3, -0.25) is 14.4 Å². The number of rotatable bonds is 10. The van der Waals surface area contributed by atoms with Crippen LogP contribution in [0.1, 0.15) is 51.9 Å². The van der Waals surface area contributed by atoms with Crippen LogP contribution in [0.3, 0.4) is 0 Å². The lowest BCUT2D eigenvalue weighted by molar-refractivity contribution is -0.142. The smallest absolute Gasteiger partial charge is 0.245 e. The average Bonchev–Trinajstić information content (AvgIpc) is 3.32. The minimum Gasteiger partial charge on any atom is -0.396 e. The van der Waals surface area contributed by atoms with Crippen LogP contribution in [0.4, 0.5) is 0 Å². The van der Waals surface area contributed by atoms with E-state index in [0.717, 1.165) is 19.3 Å². The number of unbranched alkanes of at least 4 members (excludes halogenated alkanes) is 3. The first kappa shape index (κ1) is 21.0. The van der Waals surface area contributed by atoms with Crippen LogP contribution >= 0.6 is 0 Å². The summed E-state index contributed by atoms with van der Waals surface area (Å²) < 4.78 is 6.26. The van der Waals surface area contributed by atoms with E-state index in [1.807, 2.05) is 0 Å². The molecule has 0 aromatic carbocycles. The topological polar surface area (TPSA) is 108 Å². The Morgan fingerprint density at radius 1 is 1.25 bits per heavy atom. The molecule has 2 bridgehead atoms. The van der Waals surface area contributed by atoms with E-state index < -0.39 is 23.5 Å². The largest absolute Gasteiger partial charge is 0.396 e. The van der Waals surface area contributed by atoms with Crippen LogP contribution < -0.4 is 10.6 Å². The number of aliphatic hydroxyl groups excluding tert-OH is 1. The average molecular weight is 396 g/mol. The van der Waals surface area contributed by atoms with E-state index >= 15 is 0 Å². The van der Waals surface area contributed by atoms with Crippen LogP contribution in [-0.4, -0.2) is 72.2 Å². The predicted molar refractivity (Wildman–Crippen MR) is 102 cm³/mol. The zero-order valence-corrected chi connectivity index (χ0v) is 16.9. The molecule has 8 heteroatoms. The summed E-state index contributed by atoms with van der Waals surface area (Å²) in [5.41, 5.74) is -0.897. The van der Waals surface area contributed by atoms with Crippen molar-refractivity contribution < 1.29 is 24.2 Å². The lowest BCUT2D eigenvalue weighted by Crippen LogP contribution is -2.55. The van der Waals surface area contributed by atoms with E-state index in [9.17, 15) is 14.4 Å². The van der Waals surface area contributed by atoms with Gasteiger partial charge in [0.1, 0.15) is 11.6 Å². The highest BCUT2D eigenvalue weighted by Crippen LogP contribution is 2.58. The van der Waals surface area contributed by atoms with Crippen molar-refractivity contribution in [2.45, 2.75) is 69.6 Å². The van der Waals surface area contributed by atoms with Crippen molar-refractivity contribution in [2.24, 2.45) is 11.8 Å². The van der Waals surface area contributed by atoms with Crippen molar-refractivity contribution in [1.29, 1.82) is 0 Å². The molecule has 2 unspecified atom stereocenters. The van der Waals surface area contributed by atoms with Gasteiger partial charge in [-0.15, -0.1) is 0 Å². The van der Waals surface area contributed by atoms with Gasteiger partial charge in [-0.05, 0) is 38.5 Å². The van der Waals surface area contributed by atoms with Crippen molar-refractivity contribution in [3.8, 4) is 0 Å². The molecule has 3 saturated heterocycles. The maximum absolute atomic E-state index is 13.3. The van der Waals surface area contributed by atoms with Crippen molar-refractivity contribution in [2.75, 3.05) is 26.7 Å². The molecule has 1 spiro atoms. The van der Waals surface area contributed by atoms with Crippen molar-refractivity contribution >= 4 is 17.7 Å². The fraction of sp³-hybridized carbons (Fsp3) is 0.850. The van der Waals surface area contributed by atoms with Crippen LogP contribution in [0.5, 0.6) is 0 Å². The number of nitrogens with zero attached hydrogens (tertiary/aromatic N) is 1. The number of amides is 3. The van der Waals surface area contributed by atoms with Gasteiger partial charge < -0.3 is 25.4 Å². The molecular formula is C20H33N3O5. The molecule has 3 aliphatic heterocycles. The molecule has 0 aliphatic carbocycles. The number of ether oxygens (including phenoxy) is 1. The summed E-state index contributed by atoms with van der Waals surface area (Å²) in [7, 11) is 1.57. The lowest BCUT2D eigenvalue weighted by Gasteiger charge is -2.33. The molecule has 28 heavy (non-hydrogen) atoms. The van der Waals surface area contributed by atoms with Gasteiger partial charge in [0.05, 0.1) is 17.9 Å². The standard InChI is InChI=1S/C20H33N3O5/c1-3-4-10-22-18(26)16-20-9-8-13(28-20)14(17(25)21-2)15(20)19(27)23(16)11-6-5-7-12-24/h13-16,24H,3-12H2,1-2H3,(H,21,25)(H,22,26)/t13-,14+,15-,16?,20?/m0/s1. The second kappa shape index (κ2) is 8.78. The lowest BCUT2D eigenvalue weighted by atomic mass is 9.70. The molecule has 5 atom stereocenters. The Bertz CT molecular complexity index is 613. The summed E-state index contributed by atoms with van der Waals surface area (Å²) in [6.07, 6.45) is 5.04. The molecular weight excluding hydrogens is 362 g/mol. The SMILES string of the molecule is CCCCNC(=O)C1N(CCCCCO)C(=O)[C@@H]2[C@H](C(=O)NC)[C@@H]3CCC12O3. The molecule has 8 nitrogen and oxygen atoms in total. The van der Waals surface area contributed by atoms with Gasteiger partial charge in [0.15, 0.2) is 0 Å². The highest BCUT2D eigenvalue weighted by atomic mass is 16.5. The van der Waals surface area contributed by atoms with Crippen molar-refractivity contribution in [3.63, 3.8) is 0 Å². The van der Waals surface area contributed by atoms with Gasteiger partial charge in [0.25, 0.3) is 0 Å². The second-order valence-electron chi connectivity index (χ2n) is 8.13. The Morgan fingerprint density at radius 2 is 2.04 bits per heavy atom. The first-order valence-corrected chi connectivity index (χ1v) is 10.6. The molecule has 158 valence electrons. The van der Waals surface area contributed by atoms with Gasteiger partial charge in [0, 0.05) is 26.7 Å². The van der Waals surface area contributed by atoms with Crippen molar-refractivity contribution in [1.82, 2.24) is 15.5 Å². The Hall–Kier alpha value is -1.67. The first-order chi connectivity index (χ1) is 13.5. The Kier molecular flexibility index (Phi) is 6.60. The third kappa shape index (κ3) is 3.41. The van der Waals surface area contributed by atoms with Crippen LogP contribution in [0.15, 0.2) is 0 Å². The van der Waals surface area contributed by atoms with Gasteiger partial charge in [-0.2, -0.15) is 0 Å². The number of fused-ring (bicyclic) bond motifs is 1. The number of carbonyl (C=O) groups excluding carboxylic acids is 3. The van der Waals surface area contributed by atoms with E-state index in [4.69, 9.17) is 9.84 Å². The summed E-state index contributed by atoms with van der Waals surface area (Å²) >= 11 is 0. The van der Waals surface area contributed by atoms with Gasteiger partial charge >= 0.3 is 0 Å². The monoisotopic (exact) mass is 395 g/mol. The molecule has 3 amide bonds. The number of likely N-dealkylation sites (tertiary alicyclic amines) is 1. The van der Waals surface area contributed by atoms with Crippen LogP contribution in [0, 0.1) is 11.8 Å². The molecule has 3 rings (SSSR count). The molecule has 3 heterocycles. The summed E-state index contributed by atoms with van der Waals surface area (Å²) in [4.78, 5) is 40.6. The minimum atomic E-state index is -0.897. The molecule has 3 N–H and O–H groups in total. The first-order valence-electron chi connectivity index (χ1n) is 10.6. The third-order valence-corrected chi connectivity index (χ3v) is 6.48. The summed E-state index contributed by atoms with van der Waals surface area (Å²) in [5, 5.41) is 14.6. The molecule has 0 aromatic heterocycles. The van der Waals surface area contributed by atoms with E-state index in [2.05, 4.69) is 17.6 Å². The number of nitrogens with one attached hydrogen (secondary N) is 2. The van der Waals surface area contributed by atoms with E-state index in [-0.39, 0.29) is 30.4 Å². The highest BCUT2D eigenvalue weighted by Gasteiger charge is 2.74. The minimum absolute atomic E-state index is 0.116. The Morgan fingerprint density at radius 3 is 2.71 bits per heavy atom. The fourth-order valence-electron chi connectivity index (χ4n) is 5.22. The van der Waals surface area contributed by atoms with Gasteiger partial charge in [0.2, 0.25) is 17.7 Å². The van der Waals surface area contributed by atoms with E-state index in [1.165, 1.54) is 0 Å². The normalized spacial score (nSPS) is 33.2. The van der Waals surface area contributed by atoms with Gasteiger partial charge in [-0.1, -0.05) is 13.3 Å². The van der Waals surface area contributed by atoms with Crippen molar-refractivity contribution in [3.05, 3.63) is 0 Å². The van der Waals surface area contributed by atoms with E-state index in [0.29, 0.717) is 38.8 Å². The quantitative estimate of drug-likeness (QED) is 0.458. The maximum Gasteiger partial charge on any atom is 0.245 e. The maximum atomic E-state index is 13.3. The fourth-order valence-corrected chi connectivity index (χ4v) is 5.22. The predicted octanol–water partition coefficient (Wildman–Crippen LogP) is 0.186. The zero-order chi connectivity index (χ0) is 20.3. The number of hydrogen-bond donors (Lipinski definition) is 3. The molecule has 0 aromatic rings. The number of hydrogen-bond acceptors (Lipinski definition) is 5. The van der Waals surface area contributed by atoms with Crippen LogP contribution in [0.25, 0.3) is 0 Å². The molecule has 0 radical (unpaired) electrons. The molecule has 3 aliphatic rings. The molecule has 0 saturated carbocycles. The summed E-state index contributed by atoms with van der Waals surface area (Å²) in [6, 6.07) is -0.685. The summed E-state index contributed by atoms with van der Waals surface area (Å²) in [5.74, 6) is -1.62. The highest BCUT2D eigenvalue weighted by molar-refractivity contribution is 5.98. The van der Waals surface area contributed by atoms with Gasteiger partial charge in [-0.25, -0.2) is 0 Å². The molecule has 3 fully saturated rings. The van der Waals surface area contributed by atoms with E-state index in [1.54, 1.807) is 11.9 Å². The van der Waals surface area contributed by atoms with Crippen LogP contribution in [0.2, 0.25) is 0 Å². The Labute approximate surface area is 166 Å². The number of carbonyl (C=O) groups is 3. The summed E-state index contributed by atoms with van der Waals surface area (Å²) in [6.45, 7) is 3.19.